The van der Waals surface area contributed by atoms with Crippen molar-refractivity contribution in [3.05, 3.63) is 28.0 Å². The van der Waals surface area contributed by atoms with Gasteiger partial charge in [0.1, 0.15) is 0 Å². The predicted molar refractivity (Wildman–Crippen MR) is 85.3 cm³/mol. The van der Waals surface area contributed by atoms with Crippen LogP contribution >= 0.6 is 15.9 Å². The van der Waals surface area contributed by atoms with Crippen molar-refractivity contribution in [3.8, 4) is 0 Å². The van der Waals surface area contributed by atoms with Crippen molar-refractivity contribution in [2.45, 2.75) is 39.0 Å². The number of anilines is 1. The molecule has 0 aromatic heterocycles. The summed E-state index contributed by atoms with van der Waals surface area (Å²) in [6.45, 7) is 3.01. The lowest BCUT2D eigenvalue weighted by molar-refractivity contribution is 0.0695. The van der Waals surface area contributed by atoms with Crippen LogP contribution in [0.4, 0.5) is 10.1 Å². The van der Waals surface area contributed by atoms with Crippen LogP contribution in [0.25, 0.3) is 0 Å². The van der Waals surface area contributed by atoms with Crippen LogP contribution < -0.4 is 5.32 Å². The van der Waals surface area contributed by atoms with Gasteiger partial charge in [-0.05, 0) is 46.3 Å². The zero-order chi connectivity index (χ0) is 15.4. The summed E-state index contributed by atoms with van der Waals surface area (Å²) in [5.41, 5.74) is 0.301. The minimum Gasteiger partial charge on any atom is -0.478 e. The SMILES string of the molecule is CC1CCC(CCNc2ccc(C(=O)O)c(Br)c2F)CC1. The highest BCUT2D eigenvalue weighted by molar-refractivity contribution is 9.10. The van der Waals surface area contributed by atoms with Crippen LogP contribution in [-0.4, -0.2) is 17.6 Å². The Morgan fingerprint density at radius 2 is 2.05 bits per heavy atom. The molecular formula is C16H21BrFNO2. The number of carboxylic acids is 1. The smallest absolute Gasteiger partial charge is 0.336 e. The van der Waals surface area contributed by atoms with E-state index in [1.54, 1.807) is 0 Å². The second-order valence-electron chi connectivity index (χ2n) is 5.94. The quantitative estimate of drug-likeness (QED) is 0.786. The van der Waals surface area contributed by atoms with Gasteiger partial charge in [-0.1, -0.05) is 32.6 Å². The van der Waals surface area contributed by atoms with E-state index in [2.05, 4.69) is 28.2 Å². The maximum Gasteiger partial charge on any atom is 0.336 e. The largest absolute Gasteiger partial charge is 0.478 e. The summed E-state index contributed by atoms with van der Waals surface area (Å²) in [7, 11) is 0. The summed E-state index contributed by atoms with van der Waals surface area (Å²) in [5.74, 6) is -0.111. The van der Waals surface area contributed by atoms with Crippen molar-refractivity contribution >= 4 is 27.6 Å². The van der Waals surface area contributed by atoms with Crippen LogP contribution in [0.2, 0.25) is 0 Å². The number of benzene rings is 1. The van der Waals surface area contributed by atoms with E-state index in [-0.39, 0.29) is 10.0 Å². The minimum atomic E-state index is -1.14. The van der Waals surface area contributed by atoms with E-state index in [1.807, 2.05) is 0 Å². The summed E-state index contributed by atoms with van der Waals surface area (Å²) in [5, 5.41) is 12.0. The van der Waals surface area contributed by atoms with E-state index >= 15 is 0 Å². The third-order valence-electron chi connectivity index (χ3n) is 4.32. The van der Waals surface area contributed by atoms with Crippen molar-refractivity contribution in [1.29, 1.82) is 0 Å². The lowest BCUT2D eigenvalue weighted by Gasteiger charge is -2.26. The molecule has 116 valence electrons. The predicted octanol–water partition coefficient (Wildman–Crippen LogP) is 4.91. The number of aromatic carboxylic acids is 1. The summed E-state index contributed by atoms with van der Waals surface area (Å²) >= 11 is 3.01. The van der Waals surface area contributed by atoms with Crippen LogP contribution in [0.15, 0.2) is 16.6 Å². The highest BCUT2D eigenvalue weighted by atomic mass is 79.9. The number of hydrogen-bond acceptors (Lipinski definition) is 2. The highest BCUT2D eigenvalue weighted by Crippen LogP contribution is 2.31. The van der Waals surface area contributed by atoms with E-state index < -0.39 is 11.8 Å². The summed E-state index contributed by atoms with van der Waals surface area (Å²) in [6, 6.07) is 2.91. The van der Waals surface area contributed by atoms with Crippen molar-refractivity contribution in [1.82, 2.24) is 0 Å². The Labute approximate surface area is 133 Å². The Balaban J connectivity index is 1.89. The molecule has 1 aromatic rings. The molecule has 0 amide bonds. The molecule has 21 heavy (non-hydrogen) atoms. The lowest BCUT2D eigenvalue weighted by Crippen LogP contribution is -2.16. The second-order valence-corrected chi connectivity index (χ2v) is 6.73. The molecule has 0 atom stereocenters. The van der Waals surface area contributed by atoms with Gasteiger partial charge in [-0.3, -0.25) is 0 Å². The van der Waals surface area contributed by atoms with Gasteiger partial charge in [0.15, 0.2) is 5.82 Å². The molecular weight excluding hydrogens is 337 g/mol. The molecule has 0 aliphatic heterocycles. The minimum absolute atomic E-state index is 0.00601. The zero-order valence-corrected chi connectivity index (χ0v) is 13.7. The molecule has 0 spiro atoms. The molecule has 2 rings (SSSR count). The standard InChI is InChI=1S/C16H21BrFNO2/c1-10-2-4-11(5-3-10)8-9-19-13-7-6-12(16(20)21)14(17)15(13)18/h6-7,10-11,19H,2-5,8-9H2,1H3,(H,20,21). The average Bonchev–Trinajstić information content (AvgIpc) is 2.45. The Kier molecular flexibility index (Phi) is 5.62. The molecule has 1 fully saturated rings. The number of hydrogen-bond donors (Lipinski definition) is 2. The van der Waals surface area contributed by atoms with E-state index in [0.717, 1.165) is 24.8 Å². The van der Waals surface area contributed by atoms with Gasteiger partial charge in [0.05, 0.1) is 15.7 Å². The molecule has 3 nitrogen and oxygen atoms in total. The van der Waals surface area contributed by atoms with Crippen molar-refractivity contribution in [2.75, 3.05) is 11.9 Å². The molecule has 0 heterocycles. The number of carboxylic acid groups (broad SMARTS) is 1. The average molecular weight is 358 g/mol. The van der Waals surface area contributed by atoms with E-state index in [9.17, 15) is 9.18 Å². The first kappa shape index (κ1) is 16.3. The van der Waals surface area contributed by atoms with E-state index in [0.29, 0.717) is 5.69 Å². The summed E-state index contributed by atoms with van der Waals surface area (Å²) < 4.78 is 14.1. The topological polar surface area (TPSA) is 49.3 Å². The normalized spacial score (nSPS) is 22.0. The molecule has 5 heteroatoms. The van der Waals surface area contributed by atoms with Crippen molar-refractivity contribution < 1.29 is 14.3 Å². The third kappa shape index (κ3) is 4.19. The Morgan fingerprint density at radius 3 is 2.67 bits per heavy atom. The summed E-state index contributed by atoms with van der Waals surface area (Å²) in [4.78, 5) is 10.9. The molecule has 0 radical (unpaired) electrons. The van der Waals surface area contributed by atoms with Crippen LogP contribution in [0.5, 0.6) is 0 Å². The van der Waals surface area contributed by atoms with Crippen molar-refractivity contribution in [3.63, 3.8) is 0 Å². The second kappa shape index (κ2) is 7.25. The summed E-state index contributed by atoms with van der Waals surface area (Å²) in [6.07, 6.45) is 6.13. The molecule has 0 bridgehead atoms. The number of rotatable bonds is 5. The maximum atomic E-state index is 14.1. The van der Waals surface area contributed by atoms with Gasteiger partial charge < -0.3 is 10.4 Å². The molecule has 1 aliphatic carbocycles. The highest BCUT2D eigenvalue weighted by Gasteiger charge is 2.19. The number of nitrogens with one attached hydrogen (secondary N) is 1. The van der Waals surface area contributed by atoms with Gasteiger partial charge in [-0.25, -0.2) is 9.18 Å². The van der Waals surface area contributed by atoms with Gasteiger partial charge in [0.2, 0.25) is 0 Å². The Morgan fingerprint density at radius 1 is 1.38 bits per heavy atom. The molecule has 1 aliphatic rings. The van der Waals surface area contributed by atoms with Crippen molar-refractivity contribution in [2.24, 2.45) is 11.8 Å². The van der Waals surface area contributed by atoms with Gasteiger partial charge in [-0.15, -0.1) is 0 Å². The molecule has 2 N–H and O–H groups in total. The third-order valence-corrected chi connectivity index (χ3v) is 5.09. The number of carbonyl (C=O) groups is 1. The van der Waals surface area contributed by atoms with Crippen LogP contribution in [-0.2, 0) is 0 Å². The maximum absolute atomic E-state index is 14.1. The van der Waals surface area contributed by atoms with Gasteiger partial charge >= 0.3 is 5.97 Å². The molecule has 0 unspecified atom stereocenters. The fourth-order valence-corrected chi connectivity index (χ4v) is 3.40. The molecule has 1 saturated carbocycles. The Hall–Kier alpha value is -1.10. The molecule has 1 aromatic carbocycles. The monoisotopic (exact) mass is 357 g/mol. The van der Waals surface area contributed by atoms with Gasteiger partial charge in [0, 0.05) is 6.54 Å². The Bertz CT molecular complexity index is 513. The van der Waals surface area contributed by atoms with Crippen LogP contribution in [0.3, 0.4) is 0 Å². The fraction of sp³-hybridized carbons (Fsp3) is 0.562. The first-order chi connectivity index (χ1) is 9.99. The first-order valence-electron chi connectivity index (χ1n) is 7.44. The first-order valence-corrected chi connectivity index (χ1v) is 8.23. The van der Waals surface area contributed by atoms with E-state index in [1.165, 1.54) is 37.8 Å². The van der Waals surface area contributed by atoms with E-state index in [4.69, 9.17) is 5.11 Å². The van der Waals surface area contributed by atoms with Crippen LogP contribution in [0.1, 0.15) is 49.4 Å². The van der Waals surface area contributed by atoms with Gasteiger partial charge in [-0.2, -0.15) is 0 Å². The zero-order valence-electron chi connectivity index (χ0n) is 12.2. The van der Waals surface area contributed by atoms with Gasteiger partial charge in [0.25, 0.3) is 0 Å². The molecule has 0 saturated heterocycles. The fourth-order valence-electron chi connectivity index (χ4n) is 2.88. The number of halogens is 2. The van der Waals surface area contributed by atoms with Crippen LogP contribution in [0, 0.1) is 17.7 Å². The lowest BCUT2D eigenvalue weighted by atomic mass is 9.81.